The highest BCUT2D eigenvalue weighted by atomic mass is 16.5. The molecule has 1 saturated heterocycles. The molecule has 3 N–H and O–H groups in total. The summed E-state index contributed by atoms with van der Waals surface area (Å²) in [7, 11) is 1.57. The lowest BCUT2D eigenvalue weighted by molar-refractivity contribution is -0.119. The Balaban J connectivity index is 2.01. The van der Waals surface area contributed by atoms with E-state index in [1.165, 1.54) is 0 Å². The van der Waals surface area contributed by atoms with E-state index in [2.05, 4.69) is 0 Å². The number of carbonyl (C=O) groups excluding carboxylic acids is 2. The number of hydrogen-bond acceptors (Lipinski definition) is 5. The van der Waals surface area contributed by atoms with Crippen molar-refractivity contribution in [3.63, 3.8) is 0 Å². The second-order valence-electron chi connectivity index (χ2n) is 5.24. The third kappa shape index (κ3) is 4.19. The Morgan fingerprint density at radius 2 is 2.00 bits per heavy atom. The quantitative estimate of drug-likeness (QED) is 0.782. The third-order valence-corrected chi connectivity index (χ3v) is 3.49. The first-order chi connectivity index (χ1) is 10.5. The highest BCUT2D eigenvalue weighted by Gasteiger charge is 2.29. The van der Waals surface area contributed by atoms with Crippen LogP contribution in [0.1, 0.15) is 16.8 Å². The van der Waals surface area contributed by atoms with Crippen LogP contribution >= 0.6 is 0 Å². The highest BCUT2D eigenvalue weighted by molar-refractivity contribution is 5.94. The molecule has 2 amide bonds. The summed E-state index contributed by atoms with van der Waals surface area (Å²) in [5.74, 6) is -0.279. The van der Waals surface area contributed by atoms with Crippen LogP contribution in [0.2, 0.25) is 0 Å². The first kappa shape index (κ1) is 16.3. The number of aliphatic hydroxyl groups excluding tert-OH is 1. The Bertz CT molecular complexity index is 531. The fourth-order valence-corrected chi connectivity index (χ4v) is 2.39. The van der Waals surface area contributed by atoms with Crippen LogP contribution in [-0.4, -0.2) is 60.8 Å². The number of methoxy groups -OCH3 is 1. The monoisotopic (exact) mass is 308 g/mol. The van der Waals surface area contributed by atoms with Crippen molar-refractivity contribution in [1.29, 1.82) is 0 Å². The Labute approximate surface area is 128 Å². The van der Waals surface area contributed by atoms with Gasteiger partial charge in [0.2, 0.25) is 0 Å². The van der Waals surface area contributed by atoms with Gasteiger partial charge in [-0.05, 0) is 24.3 Å². The zero-order chi connectivity index (χ0) is 16.1. The average molecular weight is 308 g/mol. The van der Waals surface area contributed by atoms with Crippen molar-refractivity contribution in [3.05, 3.63) is 29.8 Å². The number of hydrogen-bond donors (Lipinski definition) is 2. The van der Waals surface area contributed by atoms with Crippen molar-refractivity contribution in [2.45, 2.75) is 18.6 Å². The zero-order valence-corrected chi connectivity index (χ0v) is 12.4. The van der Waals surface area contributed by atoms with Crippen molar-refractivity contribution < 1.29 is 24.2 Å². The van der Waals surface area contributed by atoms with E-state index in [9.17, 15) is 14.7 Å². The van der Waals surface area contributed by atoms with Crippen LogP contribution in [0.5, 0.6) is 5.75 Å². The molecular weight excluding hydrogens is 288 g/mol. The average Bonchev–Trinajstić information content (AvgIpc) is 2.52. The van der Waals surface area contributed by atoms with Gasteiger partial charge in [0.1, 0.15) is 5.75 Å². The fraction of sp³-hybridized carbons (Fsp3) is 0.467. The summed E-state index contributed by atoms with van der Waals surface area (Å²) >= 11 is 0. The number of benzene rings is 1. The predicted molar refractivity (Wildman–Crippen MR) is 78.5 cm³/mol. The molecule has 0 radical (unpaired) electrons. The number of rotatable bonds is 5. The number of likely N-dealkylation sites (tertiary alicyclic amines) is 1. The number of primary amides is 1. The van der Waals surface area contributed by atoms with Gasteiger partial charge in [0, 0.05) is 32.2 Å². The first-order valence-electron chi connectivity index (χ1n) is 7.01. The maximum Gasteiger partial charge on any atom is 0.255 e. The summed E-state index contributed by atoms with van der Waals surface area (Å²) in [6.45, 7) is 0.534. The van der Waals surface area contributed by atoms with Crippen LogP contribution < -0.4 is 10.5 Å². The van der Waals surface area contributed by atoms with Crippen LogP contribution in [0, 0.1) is 0 Å². The molecule has 2 atom stereocenters. The van der Waals surface area contributed by atoms with E-state index in [0.29, 0.717) is 30.8 Å². The molecule has 2 rings (SSSR count). The molecule has 7 nitrogen and oxygen atoms in total. The number of nitrogens with two attached hydrogens (primary N) is 1. The molecule has 1 fully saturated rings. The van der Waals surface area contributed by atoms with Crippen LogP contribution in [-0.2, 0) is 9.53 Å². The summed E-state index contributed by atoms with van der Waals surface area (Å²) in [5, 5.41) is 9.81. The van der Waals surface area contributed by atoms with Gasteiger partial charge < -0.3 is 25.2 Å². The number of piperidine rings is 1. The first-order valence-corrected chi connectivity index (χ1v) is 7.01. The van der Waals surface area contributed by atoms with Gasteiger partial charge in [-0.15, -0.1) is 0 Å². The van der Waals surface area contributed by atoms with Gasteiger partial charge in [0.15, 0.2) is 6.61 Å². The molecule has 0 aromatic heterocycles. The van der Waals surface area contributed by atoms with Crippen molar-refractivity contribution in [2.75, 3.05) is 26.8 Å². The van der Waals surface area contributed by atoms with E-state index >= 15 is 0 Å². The van der Waals surface area contributed by atoms with Gasteiger partial charge in [-0.25, -0.2) is 0 Å². The normalized spacial score (nSPS) is 21.5. The smallest absolute Gasteiger partial charge is 0.255 e. The number of carbonyl (C=O) groups is 2. The lowest BCUT2D eigenvalue weighted by Crippen LogP contribution is -2.49. The topological polar surface area (TPSA) is 102 Å². The lowest BCUT2D eigenvalue weighted by atomic mass is 10.0. The van der Waals surface area contributed by atoms with Gasteiger partial charge >= 0.3 is 0 Å². The molecule has 22 heavy (non-hydrogen) atoms. The van der Waals surface area contributed by atoms with Gasteiger partial charge in [-0.3, -0.25) is 9.59 Å². The molecule has 120 valence electrons. The minimum absolute atomic E-state index is 0.161. The maximum atomic E-state index is 12.4. The standard InChI is InChI=1S/C15H20N2O5/c1-21-13-6-11(18)7-17(8-13)15(20)10-2-4-12(5-3-10)22-9-14(16)19/h2-5,11,13,18H,6-9H2,1H3,(H2,16,19)/t11-,13-/m0/s1. The van der Waals surface area contributed by atoms with E-state index in [0.717, 1.165) is 0 Å². The second-order valence-corrected chi connectivity index (χ2v) is 5.24. The van der Waals surface area contributed by atoms with Crippen LogP contribution in [0.3, 0.4) is 0 Å². The molecule has 0 aliphatic carbocycles. The number of aliphatic hydroxyl groups is 1. The Morgan fingerprint density at radius 3 is 2.59 bits per heavy atom. The zero-order valence-electron chi connectivity index (χ0n) is 12.4. The van der Waals surface area contributed by atoms with Crippen LogP contribution in [0.15, 0.2) is 24.3 Å². The van der Waals surface area contributed by atoms with E-state index in [1.807, 2.05) is 0 Å². The predicted octanol–water partition coefficient (Wildman–Crippen LogP) is -0.227. The SMILES string of the molecule is CO[C@H]1C[C@H](O)CN(C(=O)c2ccc(OCC(N)=O)cc2)C1. The highest BCUT2D eigenvalue weighted by Crippen LogP contribution is 2.18. The Hall–Kier alpha value is -2.12. The summed E-state index contributed by atoms with van der Waals surface area (Å²) < 4.78 is 10.4. The molecule has 1 aromatic carbocycles. The van der Waals surface area contributed by atoms with E-state index in [-0.39, 0.29) is 18.6 Å². The van der Waals surface area contributed by atoms with Crippen LogP contribution in [0.25, 0.3) is 0 Å². The molecule has 0 spiro atoms. The fourth-order valence-electron chi connectivity index (χ4n) is 2.39. The molecular formula is C15H20N2O5. The van der Waals surface area contributed by atoms with Crippen molar-refractivity contribution in [1.82, 2.24) is 4.90 Å². The Kier molecular flexibility index (Phi) is 5.35. The van der Waals surface area contributed by atoms with Gasteiger partial charge in [-0.1, -0.05) is 0 Å². The molecule has 7 heteroatoms. The summed E-state index contributed by atoms with van der Waals surface area (Å²) in [4.78, 5) is 24.6. The minimum atomic E-state index is -0.583. The molecule has 1 aliphatic heterocycles. The van der Waals surface area contributed by atoms with E-state index in [1.54, 1.807) is 36.3 Å². The molecule has 0 saturated carbocycles. The van der Waals surface area contributed by atoms with Crippen molar-refractivity contribution in [3.8, 4) is 5.75 Å². The molecule has 1 aromatic rings. The van der Waals surface area contributed by atoms with Crippen molar-refractivity contribution in [2.24, 2.45) is 5.73 Å². The maximum absolute atomic E-state index is 12.4. The summed E-state index contributed by atoms with van der Waals surface area (Å²) in [6, 6.07) is 6.43. The van der Waals surface area contributed by atoms with Gasteiger partial charge in [0.25, 0.3) is 11.8 Å². The molecule has 1 aliphatic rings. The van der Waals surface area contributed by atoms with Crippen molar-refractivity contribution >= 4 is 11.8 Å². The minimum Gasteiger partial charge on any atom is -0.484 e. The summed E-state index contributed by atoms with van der Waals surface area (Å²) in [5.41, 5.74) is 5.48. The van der Waals surface area contributed by atoms with E-state index in [4.69, 9.17) is 15.2 Å². The molecule has 0 unspecified atom stereocenters. The number of nitrogens with zero attached hydrogens (tertiary/aromatic N) is 1. The second kappa shape index (κ2) is 7.24. The third-order valence-electron chi connectivity index (χ3n) is 3.49. The number of ether oxygens (including phenoxy) is 2. The summed E-state index contributed by atoms with van der Waals surface area (Å²) in [6.07, 6.45) is -0.216. The molecule has 1 heterocycles. The lowest BCUT2D eigenvalue weighted by Gasteiger charge is -2.35. The Morgan fingerprint density at radius 1 is 1.32 bits per heavy atom. The number of amides is 2. The van der Waals surface area contributed by atoms with Gasteiger partial charge in [-0.2, -0.15) is 0 Å². The number of β-amino-alcohol motifs (C(OH)–C–C–N with tert-alkyl or cyclic N) is 1. The molecule has 0 bridgehead atoms. The largest absolute Gasteiger partial charge is 0.484 e. The van der Waals surface area contributed by atoms with Crippen LogP contribution in [0.4, 0.5) is 0 Å². The van der Waals surface area contributed by atoms with E-state index < -0.39 is 12.0 Å². The van der Waals surface area contributed by atoms with Gasteiger partial charge in [0.05, 0.1) is 12.2 Å².